The summed E-state index contributed by atoms with van der Waals surface area (Å²) in [5, 5.41) is 11.6. The van der Waals surface area contributed by atoms with E-state index in [1.807, 2.05) is 19.1 Å². The number of aliphatic carboxylic acids is 1. The SMILES string of the molecule is CC[C@H](C)[C@H](NC(=O)/C=C/c1ccc(OC)cc1)C(=O)O. The van der Waals surface area contributed by atoms with Gasteiger partial charge in [-0.05, 0) is 29.7 Å². The summed E-state index contributed by atoms with van der Waals surface area (Å²) in [5.74, 6) is -0.825. The molecule has 1 rings (SSSR count). The van der Waals surface area contributed by atoms with Gasteiger partial charge < -0.3 is 15.2 Å². The number of carbonyl (C=O) groups is 2. The van der Waals surface area contributed by atoms with Crippen molar-refractivity contribution in [3.8, 4) is 5.75 Å². The van der Waals surface area contributed by atoms with Crippen molar-refractivity contribution in [3.05, 3.63) is 35.9 Å². The second-order valence-corrected chi connectivity index (χ2v) is 4.82. The minimum Gasteiger partial charge on any atom is -0.497 e. The van der Waals surface area contributed by atoms with E-state index in [2.05, 4.69) is 5.32 Å². The van der Waals surface area contributed by atoms with Crippen LogP contribution in [0.4, 0.5) is 0 Å². The summed E-state index contributed by atoms with van der Waals surface area (Å²) in [5.41, 5.74) is 0.835. The Morgan fingerprint density at radius 2 is 1.95 bits per heavy atom. The molecule has 1 amide bonds. The van der Waals surface area contributed by atoms with Crippen molar-refractivity contribution in [1.82, 2.24) is 5.32 Å². The van der Waals surface area contributed by atoms with Gasteiger partial charge in [0.05, 0.1) is 7.11 Å². The zero-order valence-corrected chi connectivity index (χ0v) is 12.5. The molecule has 5 nitrogen and oxygen atoms in total. The first-order chi connectivity index (χ1) is 9.97. The average molecular weight is 291 g/mol. The number of ether oxygens (including phenoxy) is 1. The largest absolute Gasteiger partial charge is 0.497 e. The van der Waals surface area contributed by atoms with Crippen LogP contribution >= 0.6 is 0 Å². The Labute approximate surface area is 124 Å². The van der Waals surface area contributed by atoms with Crippen LogP contribution < -0.4 is 10.1 Å². The lowest BCUT2D eigenvalue weighted by atomic mass is 9.99. The normalized spacial score (nSPS) is 13.7. The molecule has 0 radical (unpaired) electrons. The van der Waals surface area contributed by atoms with Crippen LogP contribution in [0, 0.1) is 5.92 Å². The van der Waals surface area contributed by atoms with Crippen LogP contribution in [0.1, 0.15) is 25.8 Å². The molecule has 1 aromatic carbocycles. The summed E-state index contributed by atoms with van der Waals surface area (Å²) in [6, 6.07) is 6.33. The molecule has 0 aliphatic rings. The quantitative estimate of drug-likeness (QED) is 0.756. The van der Waals surface area contributed by atoms with E-state index in [-0.39, 0.29) is 5.92 Å². The van der Waals surface area contributed by atoms with Crippen molar-refractivity contribution in [2.45, 2.75) is 26.3 Å². The first kappa shape index (κ1) is 16.8. The fourth-order valence-corrected chi connectivity index (χ4v) is 1.77. The zero-order chi connectivity index (χ0) is 15.8. The highest BCUT2D eigenvalue weighted by molar-refractivity contribution is 5.94. The highest BCUT2D eigenvalue weighted by Crippen LogP contribution is 2.12. The summed E-state index contributed by atoms with van der Waals surface area (Å²) in [7, 11) is 1.58. The Balaban J connectivity index is 2.66. The Hall–Kier alpha value is -2.30. The van der Waals surface area contributed by atoms with Crippen LogP contribution in [0.25, 0.3) is 6.08 Å². The molecule has 0 aromatic heterocycles. The standard InChI is InChI=1S/C16H21NO4/c1-4-11(2)15(16(19)20)17-14(18)10-7-12-5-8-13(21-3)9-6-12/h5-11,15H,4H2,1-3H3,(H,17,18)(H,19,20)/b10-7+/t11-,15-/m0/s1. The van der Waals surface area contributed by atoms with E-state index in [0.717, 1.165) is 11.3 Å². The van der Waals surface area contributed by atoms with Gasteiger partial charge in [0, 0.05) is 6.08 Å². The Morgan fingerprint density at radius 1 is 1.33 bits per heavy atom. The maximum Gasteiger partial charge on any atom is 0.326 e. The van der Waals surface area contributed by atoms with E-state index < -0.39 is 17.9 Å². The molecule has 0 aliphatic heterocycles. The Kier molecular flexibility index (Phi) is 6.46. The summed E-state index contributed by atoms with van der Waals surface area (Å²) in [6.07, 6.45) is 3.64. The second kappa shape index (κ2) is 8.09. The molecule has 114 valence electrons. The first-order valence-electron chi connectivity index (χ1n) is 6.83. The van der Waals surface area contributed by atoms with Gasteiger partial charge in [-0.25, -0.2) is 4.79 Å². The fraction of sp³-hybridized carbons (Fsp3) is 0.375. The molecule has 21 heavy (non-hydrogen) atoms. The van der Waals surface area contributed by atoms with Crippen LogP contribution in [0.15, 0.2) is 30.3 Å². The van der Waals surface area contributed by atoms with Crippen molar-refractivity contribution >= 4 is 18.0 Å². The lowest BCUT2D eigenvalue weighted by molar-refractivity contribution is -0.142. The Morgan fingerprint density at radius 3 is 2.43 bits per heavy atom. The van der Waals surface area contributed by atoms with E-state index >= 15 is 0 Å². The summed E-state index contributed by atoms with van der Waals surface area (Å²) in [4.78, 5) is 22.9. The smallest absolute Gasteiger partial charge is 0.326 e. The van der Waals surface area contributed by atoms with Crippen LogP contribution in [0.5, 0.6) is 5.75 Å². The van der Waals surface area contributed by atoms with Gasteiger partial charge in [0.15, 0.2) is 0 Å². The highest BCUT2D eigenvalue weighted by Gasteiger charge is 2.24. The third-order valence-electron chi connectivity index (χ3n) is 3.32. The second-order valence-electron chi connectivity index (χ2n) is 4.82. The minimum absolute atomic E-state index is 0.124. The van der Waals surface area contributed by atoms with Crippen LogP contribution in [-0.4, -0.2) is 30.1 Å². The fourth-order valence-electron chi connectivity index (χ4n) is 1.77. The van der Waals surface area contributed by atoms with Gasteiger partial charge in [-0.15, -0.1) is 0 Å². The summed E-state index contributed by atoms with van der Waals surface area (Å²) >= 11 is 0. The maximum atomic E-state index is 11.8. The predicted molar refractivity (Wildman–Crippen MR) is 81.0 cm³/mol. The monoisotopic (exact) mass is 291 g/mol. The van der Waals surface area contributed by atoms with Gasteiger partial charge in [-0.1, -0.05) is 32.4 Å². The van der Waals surface area contributed by atoms with Gasteiger partial charge in [0.25, 0.3) is 0 Å². The molecule has 0 heterocycles. The predicted octanol–water partition coefficient (Wildman–Crippen LogP) is 2.32. The molecule has 1 aromatic rings. The third kappa shape index (κ3) is 5.30. The van der Waals surface area contributed by atoms with E-state index in [0.29, 0.717) is 6.42 Å². The molecule has 0 saturated heterocycles. The molecule has 0 fully saturated rings. The van der Waals surface area contributed by atoms with Crippen LogP contribution in [0.2, 0.25) is 0 Å². The topological polar surface area (TPSA) is 75.6 Å². The van der Waals surface area contributed by atoms with Gasteiger partial charge >= 0.3 is 5.97 Å². The Bertz CT molecular complexity index is 508. The van der Waals surface area contributed by atoms with Crippen LogP contribution in [-0.2, 0) is 9.59 Å². The van der Waals surface area contributed by atoms with Gasteiger partial charge in [-0.3, -0.25) is 4.79 Å². The number of methoxy groups -OCH3 is 1. The minimum atomic E-state index is -1.02. The van der Waals surface area contributed by atoms with Crippen molar-refractivity contribution < 1.29 is 19.4 Å². The third-order valence-corrected chi connectivity index (χ3v) is 3.32. The van der Waals surface area contributed by atoms with Gasteiger partial charge in [-0.2, -0.15) is 0 Å². The molecular weight excluding hydrogens is 270 g/mol. The number of nitrogens with one attached hydrogen (secondary N) is 1. The molecule has 2 atom stereocenters. The van der Waals surface area contributed by atoms with Crippen molar-refractivity contribution in [2.24, 2.45) is 5.92 Å². The maximum absolute atomic E-state index is 11.8. The number of hydrogen-bond acceptors (Lipinski definition) is 3. The number of amides is 1. The highest BCUT2D eigenvalue weighted by atomic mass is 16.5. The molecule has 0 bridgehead atoms. The van der Waals surface area contributed by atoms with Crippen molar-refractivity contribution in [2.75, 3.05) is 7.11 Å². The molecule has 0 saturated carbocycles. The van der Waals surface area contributed by atoms with E-state index in [1.54, 1.807) is 32.2 Å². The van der Waals surface area contributed by atoms with E-state index in [9.17, 15) is 9.59 Å². The zero-order valence-electron chi connectivity index (χ0n) is 12.5. The van der Waals surface area contributed by atoms with Crippen molar-refractivity contribution in [3.63, 3.8) is 0 Å². The number of carboxylic acids is 1. The molecule has 5 heteroatoms. The first-order valence-corrected chi connectivity index (χ1v) is 6.83. The average Bonchev–Trinajstić information content (AvgIpc) is 2.50. The molecule has 0 spiro atoms. The number of carbonyl (C=O) groups excluding carboxylic acids is 1. The lowest BCUT2D eigenvalue weighted by Gasteiger charge is -2.19. The lowest BCUT2D eigenvalue weighted by Crippen LogP contribution is -2.44. The molecule has 2 N–H and O–H groups in total. The van der Waals surface area contributed by atoms with Gasteiger partial charge in [0.1, 0.15) is 11.8 Å². The molecule has 0 aliphatic carbocycles. The molecular formula is C16H21NO4. The number of carboxylic acid groups (broad SMARTS) is 1. The van der Waals surface area contributed by atoms with E-state index in [1.165, 1.54) is 6.08 Å². The summed E-state index contributed by atoms with van der Waals surface area (Å²) < 4.78 is 5.04. The number of benzene rings is 1. The van der Waals surface area contributed by atoms with Crippen LogP contribution in [0.3, 0.4) is 0 Å². The van der Waals surface area contributed by atoms with Gasteiger partial charge in [0.2, 0.25) is 5.91 Å². The number of hydrogen-bond donors (Lipinski definition) is 2. The molecule has 0 unspecified atom stereocenters. The summed E-state index contributed by atoms with van der Waals surface area (Å²) in [6.45, 7) is 3.69. The number of rotatable bonds is 7. The van der Waals surface area contributed by atoms with Crippen molar-refractivity contribution in [1.29, 1.82) is 0 Å². The van der Waals surface area contributed by atoms with E-state index in [4.69, 9.17) is 9.84 Å².